The molecule has 1 aliphatic heterocycles. The van der Waals surface area contributed by atoms with E-state index in [1.54, 1.807) is 24.0 Å². The number of H-pyrrole nitrogens is 1. The van der Waals surface area contributed by atoms with E-state index >= 15 is 0 Å². The van der Waals surface area contributed by atoms with Crippen LogP contribution in [0.1, 0.15) is 25.0 Å². The van der Waals surface area contributed by atoms with Crippen molar-refractivity contribution in [3.05, 3.63) is 51.5 Å². The number of pyridine rings is 1. The summed E-state index contributed by atoms with van der Waals surface area (Å²) in [7, 11) is 0. The zero-order chi connectivity index (χ0) is 19.6. The number of aromatic nitrogens is 3. The Hall–Kier alpha value is -2.39. The van der Waals surface area contributed by atoms with Crippen molar-refractivity contribution >= 4 is 23.3 Å². The van der Waals surface area contributed by atoms with E-state index in [4.69, 9.17) is 11.6 Å². The first-order valence-electron chi connectivity index (χ1n) is 8.36. The van der Waals surface area contributed by atoms with Crippen LogP contribution >= 0.6 is 11.6 Å². The normalized spacial score (nSPS) is 20.8. The number of nitrogens with one attached hydrogen (secondary N) is 2. The maximum absolute atomic E-state index is 14.4. The number of nitrogens with zero attached hydrogens (tertiary/aromatic N) is 3. The molecule has 2 unspecified atom stereocenters. The lowest BCUT2D eigenvalue weighted by Crippen LogP contribution is -2.52. The first kappa shape index (κ1) is 19.4. The smallest absolute Gasteiger partial charge is 0.264 e. The van der Waals surface area contributed by atoms with Gasteiger partial charge in [0.1, 0.15) is 5.82 Å². The number of carbonyl (C=O) groups excluding carboxylic acids is 1. The van der Waals surface area contributed by atoms with Crippen molar-refractivity contribution in [1.82, 2.24) is 20.1 Å². The SMILES string of the molecule is CC(C(=O)Nc1ccc(Cl)cn1)N1CCC(F)(F)C(c2ccc(=O)[nH]n2)C1. The molecule has 0 spiro atoms. The van der Waals surface area contributed by atoms with Crippen LogP contribution < -0.4 is 10.9 Å². The second-order valence-corrected chi connectivity index (χ2v) is 6.87. The number of aromatic amines is 1. The maximum atomic E-state index is 14.4. The van der Waals surface area contributed by atoms with Crippen LogP contribution in [0.2, 0.25) is 5.02 Å². The molecule has 0 bridgehead atoms. The van der Waals surface area contributed by atoms with Crippen LogP contribution in [0.3, 0.4) is 0 Å². The summed E-state index contributed by atoms with van der Waals surface area (Å²) in [4.78, 5) is 29.3. The fraction of sp³-hybridized carbons (Fsp3) is 0.412. The lowest BCUT2D eigenvalue weighted by atomic mass is 9.89. The third-order valence-electron chi connectivity index (χ3n) is 4.62. The van der Waals surface area contributed by atoms with Gasteiger partial charge >= 0.3 is 0 Å². The minimum atomic E-state index is -2.98. The van der Waals surface area contributed by atoms with Gasteiger partial charge in [0.05, 0.1) is 22.7 Å². The molecule has 2 aromatic rings. The molecular formula is C17H18ClF2N5O2. The summed E-state index contributed by atoms with van der Waals surface area (Å²) < 4.78 is 28.8. The molecule has 2 aromatic heterocycles. The van der Waals surface area contributed by atoms with Crippen LogP contribution in [-0.4, -0.2) is 51.0 Å². The molecule has 3 heterocycles. The molecule has 1 fully saturated rings. The summed E-state index contributed by atoms with van der Waals surface area (Å²) in [5.41, 5.74) is -0.366. The summed E-state index contributed by atoms with van der Waals surface area (Å²) in [6, 6.07) is 4.96. The van der Waals surface area contributed by atoms with Crippen molar-refractivity contribution in [3.8, 4) is 0 Å². The van der Waals surface area contributed by atoms with Gasteiger partial charge < -0.3 is 5.32 Å². The molecule has 0 aromatic carbocycles. The third kappa shape index (κ3) is 4.48. The maximum Gasteiger partial charge on any atom is 0.264 e. The molecule has 1 amide bonds. The number of alkyl halides is 2. The molecule has 2 N–H and O–H groups in total. The van der Waals surface area contributed by atoms with E-state index < -0.39 is 29.9 Å². The fourth-order valence-corrected chi connectivity index (χ4v) is 3.10. The Morgan fingerprint density at radius 2 is 2.19 bits per heavy atom. The van der Waals surface area contributed by atoms with E-state index in [1.807, 2.05) is 0 Å². The van der Waals surface area contributed by atoms with Gasteiger partial charge in [0.15, 0.2) is 0 Å². The van der Waals surface area contributed by atoms with Crippen molar-refractivity contribution < 1.29 is 13.6 Å². The number of hydrogen-bond acceptors (Lipinski definition) is 5. The Labute approximate surface area is 158 Å². The van der Waals surface area contributed by atoms with Gasteiger partial charge in [-0.2, -0.15) is 5.10 Å². The molecule has 144 valence electrons. The highest BCUT2D eigenvalue weighted by Gasteiger charge is 2.47. The number of halogens is 3. The van der Waals surface area contributed by atoms with Gasteiger partial charge in [-0.15, -0.1) is 0 Å². The minimum absolute atomic E-state index is 0.0608. The molecule has 10 heteroatoms. The lowest BCUT2D eigenvalue weighted by Gasteiger charge is -2.40. The Balaban J connectivity index is 1.72. The van der Waals surface area contributed by atoms with Crippen LogP contribution in [0.25, 0.3) is 0 Å². The van der Waals surface area contributed by atoms with E-state index in [0.717, 1.165) is 0 Å². The molecule has 0 saturated carbocycles. The average Bonchev–Trinajstić information content (AvgIpc) is 2.64. The first-order valence-corrected chi connectivity index (χ1v) is 8.74. The number of amides is 1. The molecule has 7 nitrogen and oxygen atoms in total. The topological polar surface area (TPSA) is 91.0 Å². The average molecular weight is 398 g/mol. The number of likely N-dealkylation sites (tertiary alicyclic amines) is 1. The van der Waals surface area contributed by atoms with Crippen LogP contribution in [0, 0.1) is 0 Å². The molecular weight excluding hydrogens is 380 g/mol. The van der Waals surface area contributed by atoms with Crippen molar-refractivity contribution in [2.45, 2.75) is 31.2 Å². The highest BCUT2D eigenvalue weighted by atomic mass is 35.5. The second kappa shape index (κ2) is 7.69. The van der Waals surface area contributed by atoms with Crippen LogP contribution in [-0.2, 0) is 4.79 Å². The third-order valence-corrected chi connectivity index (χ3v) is 4.85. The van der Waals surface area contributed by atoms with E-state index in [1.165, 1.54) is 18.3 Å². The van der Waals surface area contributed by atoms with E-state index in [2.05, 4.69) is 20.5 Å². The lowest BCUT2D eigenvalue weighted by molar-refractivity contribution is -0.125. The van der Waals surface area contributed by atoms with E-state index in [-0.39, 0.29) is 24.7 Å². The van der Waals surface area contributed by atoms with E-state index in [0.29, 0.717) is 10.8 Å². The molecule has 27 heavy (non-hydrogen) atoms. The zero-order valence-corrected chi connectivity index (χ0v) is 15.2. The van der Waals surface area contributed by atoms with Crippen molar-refractivity contribution in [2.24, 2.45) is 0 Å². The van der Waals surface area contributed by atoms with Crippen molar-refractivity contribution in [1.29, 1.82) is 0 Å². The van der Waals surface area contributed by atoms with E-state index in [9.17, 15) is 18.4 Å². The zero-order valence-electron chi connectivity index (χ0n) is 14.5. The van der Waals surface area contributed by atoms with Gasteiger partial charge in [-0.05, 0) is 25.1 Å². The number of hydrogen-bond donors (Lipinski definition) is 2. The second-order valence-electron chi connectivity index (χ2n) is 6.43. The molecule has 1 saturated heterocycles. The van der Waals surface area contributed by atoms with Gasteiger partial charge in [0.2, 0.25) is 5.91 Å². The van der Waals surface area contributed by atoms with Gasteiger partial charge in [-0.25, -0.2) is 18.9 Å². The summed E-state index contributed by atoms with van der Waals surface area (Å²) >= 11 is 5.76. The fourth-order valence-electron chi connectivity index (χ4n) is 2.98. The molecule has 2 atom stereocenters. The first-order chi connectivity index (χ1) is 12.8. The van der Waals surface area contributed by atoms with Crippen LogP contribution in [0.15, 0.2) is 35.3 Å². The molecule has 0 radical (unpaired) electrons. The minimum Gasteiger partial charge on any atom is -0.309 e. The summed E-state index contributed by atoms with van der Waals surface area (Å²) in [6.45, 7) is 1.65. The standard InChI is InChI=1S/C17H18ClF2N5O2/c1-10(16(27)22-14-4-2-11(18)8-21-14)25-7-6-17(19,20)12(9-25)13-3-5-15(26)24-23-13/h2-5,8,10,12H,6-7,9H2,1H3,(H,24,26)(H,21,22,27). The van der Waals surface area contributed by atoms with Gasteiger partial charge in [-0.1, -0.05) is 11.6 Å². The van der Waals surface area contributed by atoms with Crippen molar-refractivity contribution in [3.63, 3.8) is 0 Å². The number of carbonyl (C=O) groups is 1. The summed E-state index contributed by atoms with van der Waals surface area (Å²) in [6.07, 6.45) is 0.996. The summed E-state index contributed by atoms with van der Waals surface area (Å²) in [5.74, 6) is -4.22. The van der Waals surface area contributed by atoms with Gasteiger partial charge in [-0.3, -0.25) is 14.5 Å². The predicted octanol–water partition coefficient (Wildman–Crippen LogP) is 2.27. The van der Waals surface area contributed by atoms with Gasteiger partial charge in [0, 0.05) is 31.8 Å². The largest absolute Gasteiger partial charge is 0.309 e. The Kier molecular flexibility index (Phi) is 5.52. The highest BCUT2D eigenvalue weighted by molar-refractivity contribution is 6.30. The Morgan fingerprint density at radius 1 is 1.41 bits per heavy atom. The highest BCUT2D eigenvalue weighted by Crippen LogP contribution is 2.39. The number of rotatable bonds is 4. The predicted molar refractivity (Wildman–Crippen MR) is 96.1 cm³/mol. The quantitative estimate of drug-likeness (QED) is 0.825. The summed E-state index contributed by atoms with van der Waals surface area (Å²) in [5, 5.41) is 9.02. The monoisotopic (exact) mass is 397 g/mol. The molecule has 3 rings (SSSR count). The molecule has 1 aliphatic rings. The van der Waals surface area contributed by atoms with Gasteiger partial charge in [0.25, 0.3) is 11.5 Å². The van der Waals surface area contributed by atoms with Crippen molar-refractivity contribution in [2.75, 3.05) is 18.4 Å². The van der Waals surface area contributed by atoms with Crippen LogP contribution in [0.4, 0.5) is 14.6 Å². The number of anilines is 1. The van der Waals surface area contributed by atoms with Crippen LogP contribution in [0.5, 0.6) is 0 Å². The Bertz CT molecular complexity index is 854. The Morgan fingerprint density at radius 3 is 2.81 bits per heavy atom. The molecule has 0 aliphatic carbocycles. The number of piperidine rings is 1.